The average molecular weight is 509 g/mol. The number of nitrogens with one attached hydrogen (secondary N) is 4. The van der Waals surface area contributed by atoms with Crippen molar-refractivity contribution < 1.29 is 19.8 Å². The normalized spacial score (nSPS) is 13.0. The molecule has 38 heavy (non-hydrogen) atoms. The molecule has 190 valence electrons. The van der Waals surface area contributed by atoms with Crippen molar-refractivity contribution in [1.82, 2.24) is 0 Å². The molecule has 10 heteroatoms. The number of rotatable bonds is 8. The van der Waals surface area contributed by atoms with Crippen LogP contribution in [0.2, 0.25) is 0 Å². The van der Waals surface area contributed by atoms with E-state index in [2.05, 4.69) is 21.2 Å². The van der Waals surface area contributed by atoms with E-state index in [1.165, 1.54) is 6.07 Å². The Morgan fingerprint density at radius 3 is 2.21 bits per heavy atom. The van der Waals surface area contributed by atoms with Crippen LogP contribution in [0, 0.1) is 5.53 Å². The zero-order chi connectivity index (χ0) is 26.8. The van der Waals surface area contributed by atoms with E-state index in [1.54, 1.807) is 42.5 Å². The third kappa shape index (κ3) is 4.18. The number of hydrogen-bond acceptors (Lipinski definition) is 8. The fraction of sp³-hybridized carbons (Fsp3) is 0.0714. The fourth-order valence-electron chi connectivity index (χ4n) is 4.86. The van der Waals surface area contributed by atoms with Crippen LogP contribution in [0.1, 0.15) is 23.2 Å². The molecule has 10 nitrogen and oxygen atoms in total. The molecule has 0 fully saturated rings. The Kier molecular flexibility index (Phi) is 6.46. The van der Waals surface area contributed by atoms with Crippen molar-refractivity contribution in [2.45, 2.75) is 12.8 Å². The van der Waals surface area contributed by atoms with Crippen molar-refractivity contribution in [2.24, 2.45) is 11.0 Å². The summed E-state index contributed by atoms with van der Waals surface area (Å²) < 4.78 is 0. The molecular formula is C28H24N6O4. The van der Waals surface area contributed by atoms with Crippen LogP contribution < -0.4 is 21.9 Å². The third-order valence-corrected chi connectivity index (χ3v) is 6.51. The van der Waals surface area contributed by atoms with Gasteiger partial charge < -0.3 is 26.3 Å². The van der Waals surface area contributed by atoms with Gasteiger partial charge >= 0.3 is 11.9 Å². The first kappa shape index (κ1) is 24.5. The summed E-state index contributed by atoms with van der Waals surface area (Å²) in [5.74, 6) is 3.95. The van der Waals surface area contributed by atoms with Crippen LogP contribution in [0.25, 0.3) is 21.5 Å². The molecule has 1 aliphatic carbocycles. The number of nitrogens with zero attached hydrogens (tertiary/aromatic N) is 1. The molecule has 0 spiro atoms. The van der Waals surface area contributed by atoms with Gasteiger partial charge in [-0.15, -0.1) is 0 Å². The van der Waals surface area contributed by atoms with Crippen molar-refractivity contribution in [3.63, 3.8) is 0 Å². The van der Waals surface area contributed by atoms with E-state index in [-0.39, 0.29) is 11.1 Å². The van der Waals surface area contributed by atoms with Gasteiger partial charge in [0.2, 0.25) is 0 Å². The molecule has 0 radical (unpaired) electrons. The lowest BCUT2D eigenvalue weighted by Crippen LogP contribution is -2.13. The van der Waals surface area contributed by atoms with Gasteiger partial charge in [0.1, 0.15) is 5.69 Å². The first-order chi connectivity index (χ1) is 18.4. The Morgan fingerprint density at radius 2 is 1.53 bits per heavy atom. The molecule has 1 aliphatic rings. The number of carbonyl (C=O) groups is 2. The lowest BCUT2D eigenvalue weighted by Gasteiger charge is -2.21. The van der Waals surface area contributed by atoms with Gasteiger partial charge in [-0.25, -0.2) is 15.1 Å². The van der Waals surface area contributed by atoms with Gasteiger partial charge in [0.05, 0.1) is 22.5 Å². The number of para-hydroxylation sites is 1. The molecule has 0 atom stereocenters. The quantitative estimate of drug-likeness (QED) is 0.0612. The Hall–Kier alpha value is -5.22. The van der Waals surface area contributed by atoms with E-state index in [0.717, 1.165) is 0 Å². The van der Waals surface area contributed by atoms with Crippen LogP contribution in [0.4, 0.5) is 28.4 Å². The zero-order valence-corrected chi connectivity index (χ0v) is 20.1. The number of hydrogen-bond donors (Lipinski definition) is 7. The van der Waals surface area contributed by atoms with E-state index in [9.17, 15) is 19.8 Å². The van der Waals surface area contributed by atoms with Gasteiger partial charge in [0.25, 0.3) is 0 Å². The van der Waals surface area contributed by atoms with Crippen LogP contribution >= 0.6 is 0 Å². The Bertz CT molecular complexity index is 1690. The van der Waals surface area contributed by atoms with Crippen LogP contribution in [-0.4, -0.2) is 22.2 Å². The van der Waals surface area contributed by atoms with E-state index in [1.807, 2.05) is 24.3 Å². The van der Waals surface area contributed by atoms with Crippen molar-refractivity contribution in [2.75, 3.05) is 16.1 Å². The Morgan fingerprint density at radius 1 is 0.842 bits per heavy atom. The van der Waals surface area contributed by atoms with Crippen LogP contribution in [0.5, 0.6) is 0 Å². The number of nitrogens with two attached hydrogens (primary N) is 1. The van der Waals surface area contributed by atoms with Crippen molar-refractivity contribution in [3.8, 4) is 0 Å². The molecule has 4 aromatic rings. The molecule has 0 heterocycles. The molecule has 8 N–H and O–H groups in total. The molecule has 0 aromatic heterocycles. The number of carboxylic acids is 2. The van der Waals surface area contributed by atoms with E-state index in [4.69, 9.17) is 11.4 Å². The molecule has 0 saturated carbocycles. The highest BCUT2D eigenvalue weighted by molar-refractivity contribution is 6.25. The molecule has 5 rings (SSSR count). The maximum absolute atomic E-state index is 11.8. The van der Waals surface area contributed by atoms with Crippen molar-refractivity contribution in [3.05, 3.63) is 89.6 Å². The van der Waals surface area contributed by atoms with E-state index in [0.29, 0.717) is 68.5 Å². The first-order valence-electron chi connectivity index (χ1n) is 11.8. The summed E-state index contributed by atoms with van der Waals surface area (Å²) in [6.45, 7) is 0. The number of fused-ring (bicyclic) bond motifs is 2. The standard InChI is InChI=1S/C28H24N6O4/c29-33-25-18-10-6-14-22(32-20-12-4-2-8-16(20)28(37)38)24(18)26(34-30)17-9-5-13-21(23(17)25)31-19-11-3-1-7-15(19)27(35)36/h1-3,5-11,13-14,29,31-32,34H,4,12,30H2,(H,35,36)(H,37,38). The summed E-state index contributed by atoms with van der Waals surface area (Å²) in [7, 11) is 0. The lowest BCUT2D eigenvalue weighted by atomic mass is 9.95. The largest absolute Gasteiger partial charge is 0.478 e. The minimum absolute atomic E-state index is 0.0994. The minimum Gasteiger partial charge on any atom is -0.478 e. The number of benzene rings is 4. The van der Waals surface area contributed by atoms with Gasteiger partial charge in [-0.05, 0) is 43.2 Å². The second kappa shape index (κ2) is 10.0. The van der Waals surface area contributed by atoms with Gasteiger partial charge in [0, 0.05) is 38.6 Å². The summed E-state index contributed by atoms with van der Waals surface area (Å²) in [5.41, 5.74) is 14.2. The predicted molar refractivity (Wildman–Crippen MR) is 147 cm³/mol. The lowest BCUT2D eigenvalue weighted by molar-refractivity contribution is -0.132. The van der Waals surface area contributed by atoms with Crippen molar-refractivity contribution in [1.29, 1.82) is 5.53 Å². The highest BCUT2D eigenvalue weighted by Gasteiger charge is 2.21. The fourth-order valence-corrected chi connectivity index (χ4v) is 4.86. The first-order valence-corrected chi connectivity index (χ1v) is 11.8. The number of aromatic carboxylic acids is 1. The summed E-state index contributed by atoms with van der Waals surface area (Å²) in [6, 6.07) is 17.4. The molecule has 0 aliphatic heterocycles. The van der Waals surface area contributed by atoms with Crippen molar-refractivity contribution >= 4 is 61.9 Å². The van der Waals surface area contributed by atoms with E-state index < -0.39 is 11.9 Å². The van der Waals surface area contributed by atoms with Crippen LogP contribution in [0.3, 0.4) is 0 Å². The maximum atomic E-state index is 11.8. The summed E-state index contributed by atoms with van der Waals surface area (Å²) in [4.78, 5) is 23.6. The van der Waals surface area contributed by atoms with Gasteiger partial charge in [0.15, 0.2) is 0 Å². The summed E-state index contributed by atoms with van der Waals surface area (Å²) in [5, 5.41) is 32.1. The number of nitrogen functional groups attached to an aromatic ring is 1. The monoisotopic (exact) mass is 508 g/mol. The minimum atomic E-state index is -1.07. The zero-order valence-electron chi connectivity index (χ0n) is 20.1. The van der Waals surface area contributed by atoms with E-state index >= 15 is 0 Å². The molecule has 0 unspecified atom stereocenters. The molecular weight excluding hydrogens is 484 g/mol. The highest BCUT2D eigenvalue weighted by Crippen LogP contribution is 2.47. The van der Waals surface area contributed by atoms with Crippen LogP contribution in [0.15, 0.2) is 89.2 Å². The van der Waals surface area contributed by atoms with Gasteiger partial charge in [-0.2, -0.15) is 5.11 Å². The summed E-state index contributed by atoms with van der Waals surface area (Å²) >= 11 is 0. The average Bonchev–Trinajstić information content (AvgIpc) is 2.92. The smallest absolute Gasteiger partial charge is 0.337 e. The number of anilines is 4. The summed E-state index contributed by atoms with van der Waals surface area (Å²) in [6.07, 6.45) is 4.65. The van der Waals surface area contributed by atoms with Crippen LogP contribution in [-0.2, 0) is 4.79 Å². The molecule has 4 aromatic carbocycles. The number of hydrazine groups is 1. The second-order valence-electron chi connectivity index (χ2n) is 8.68. The van der Waals surface area contributed by atoms with Gasteiger partial charge in [-0.3, -0.25) is 5.84 Å². The maximum Gasteiger partial charge on any atom is 0.337 e. The number of aliphatic carboxylic acids is 1. The van der Waals surface area contributed by atoms with Gasteiger partial charge in [-0.1, -0.05) is 42.5 Å². The SMILES string of the molecule is N=Nc1c2cccc(NC3=C(C(=O)O)C=CCC3)c2c(NN)c2cccc(Nc3ccccc3C(=O)O)c12. The number of carboxylic acid groups (broad SMARTS) is 2. The Labute approximate surface area is 216 Å². The Balaban J connectivity index is 1.77. The highest BCUT2D eigenvalue weighted by atomic mass is 16.4. The molecule has 0 amide bonds. The second-order valence-corrected chi connectivity index (χ2v) is 8.68. The third-order valence-electron chi connectivity index (χ3n) is 6.51. The predicted octanol–water partition coefficient (Wildman–Crippen LogP) is 6.48. The molecule has 0 saturated heterocycles. The topological polar surface area (TPSA) is 173 Å². The number of allylic oxidation sites excluding steroid dienone is 2. The molecule has 0 bridgehead atoms.